The molecule has 0 radical (unpaired) electrons. The van der Waals surface area contributed by atoms with E-state index in [0.717, 1.165) is 0 Å². The average molecular weight is 131 g/mol. The molecule has 9 heavy (non-hydrogen) atoms. The molecule has 1 unspecified atom stereocenters. The van der Waals surface area contributed by atoms with E-state index in [2.05, 4.69) is 5.32 Å². The van der Waals surface area contributed by atoms with Crippen LogP contribution in [0.3, 0.4) is 0 Å². The van der Waals surface area contributed by atoms with Crippen LogP contribution in [0.2, 0.25) is 0 Å². The highest BCUT2D eigenvalue weighted by Crippen LogP contribution is 2.10. The van der Waals surface area contributed by atoms with E-state index in [1.54, 1.807) is 6.92 Å². The van der Waals surface area contributed by atoms with Gasteiger partial charge in [0.25, 0.3) is 0 Å². The third-order valence-electron chi connectivity index (χ3n) is 1.48. The number of nitrogens with one attached hydrogen (secondary N) is 1. The minimum absolute atomic E-state index is 0.0303. The second-order valence-electron chi connectivity index (χ2n) is 2.56. The molecule has 3 nitrogen and oxygen atoms in total. The monoisotopic (exact) mass is 131 g/mol. The molecule has 0 spiro atoms. The van der Waals surface area contributed by atoms with Crippen molar-refractivity contribution in [3.63, 3.8) is 0 Å². The van der Waals surface area contributed by atoms with E-state index in [0.29, 0.717) is 6.41 Å². The van der Waals surface area contributed by atoms with Crippen molar-refractivity contribution in [3.05, 3.63) is 0 Å². The lowest BCUT2D eigenvalue weighted by atomic mass is 10.0. The van der Waals surface area contributed by atoms with Gasteiger partial charge < -0.3 is 10.4 Å². The van der Waals surface area contributed by atoms with Gasteiger partial charge in [-0.15, -0.1) is 0 Å². The summed E-state index contributed by atoms with van der Waals surface area (Å²) in [5.74, 6) is 0.0303. The maximum absolute atomic E-state index is 9.85. The quantitative estimate of drug-likeness (QED) is 0.421. The zero-order valence-corrected chi connectivity index (χ0v) is 6.01. The van der Waals surface area contributed by atoms with Gasteiger partial charge in [0.05, 0.1) is 0 Å². The van der Waals surface area contributed by atoms with E-state index < -0.39 is 5.72 Å². The first-order valence-electron chi connectivity index (χ1n) is 2.94. The summed E-state index contributed by atoms with van der Waals surface area (Å²) >= 11 is 0. The maximum atomic E-state index is 9.85. The van der Waals surface area contributed by atoms with Crippen LogP contribution >= 0.6 is 0 Å². The molecule has 2 N–H and O–H groups in total. The summed E-state index contributed by atoms with van der Waals surface area (Å²) in [5.41, 5.74) is -1.07. The molecule has 0 aromatic carbocycles. The van der Waals surface area contributed by atoms with Gasteiger partial charge in [-0.1, -0.05) is 13.8 Å². The summed E-state index contributed by atoms with van der Waals surface area (Å²) in [5, 5.41) is 11.5. The van der Waals surface area contributed by atoms with Crippen LogP contribution < -0.4 is 5.32 Å². The smallest absolute Gasteiger partial charge is 0.209 e. The largest absolute Gasteiger partial charge is 0.371 e. The summed E-state index contributed by atoms with van der Waals surface area (Å²) in [4.78, 5) is 9.85. The highest BCUT2D eigenvalue weighted by molar-refractivity contribution is 5.47. The molecule has 3 heteroatoms. The molecule has 0 saturated carbocycles. The van der Waals surface area contributed by atoms with Gasteiger partial charge in [0.1, 0.15) is 5.72 Å². The van der Waals surface area contributed by atoms with Crippen molar-refractivity contribution in [3.8, 4) is 0 Å². The van der Waals surface area contributed by atoms with Crippen LogP contribution in [0.4, 0.5) is 0 Å². The molecular weight excluding hydrogens is 118 g/mol. The summed E-state index contributed by atoms with van der Waals surface area (Å²) in [7, 11) is 0. The van der Waals surface area contributed by atoms with Crippen LogP contribution in [0.1, 0.15) is 20.8 Å². The maximum Gasteiger partial charge on any atom is 0.209 e. The molecule has 0 aliphatic rings. The standard InChI is InChI=1S/C6H13NO2/c1-5(2)6(3,9)7-4-8/h4-5,9H,1-3H3,(H,7,8). The van der Waals surface area contributed by atoms with Crippen molar-refractivity contribution in [2.75, 3.05) is 0 Å². The molecule has 0 saturated heterocycles. The van der Waals surface area contributed by atoms with Gasteiger partial charge in [0.2, 0.25) is 6.41 Å². The predicted molar refractivity (Wildman–Crippen MR) is 34.7 cm³/mol. The van der Waals surface area contributed by atoms with Crippen LogP contribution in [-0.2, 0) is 4.79 Å². The van der Waals surface area contributed by atoms with Crippen LogP contribution in [0.15, 0.2) is 0 Å². The summed E-state index contributed by atoms with van der Waals surface area (Å²) in [6.45, 7) is 5.22. The Morgan fingerprint density at radius 1 is 1.67 bits per heavy atom. The fourth-order valence-electron chi connectivity index (χ4n) is 0.286. The second kappa shape index (κ2) is 2.82. The normalized spacial score (nSPS) is 17.0. The molecule has 1 amide bonds. The zero-order valence-electron chi connectivity index (χ0n) is 6.01. The molecule has 0 aliphatic carbocycles. The van der Waals surface area contributed by atoms with Crippen molar-refractivity contribution in [2.24, 2.45) is 5.92 Å². The average Bonchev–Trinajstić information content (AvgIpc) is 1.65. The van der Waals surface area contributed by atoms with Gasteiger partial charge in [-0.25, -0.2) is 0 Å². The Morgan fingerprint density at radius 3 is 2.22 bits per heavy atom. The van der Waals surface area contributed by atoms with Gasteiger partial charge >= 0.3 is 0 Å². The van der Waals surface area contributed by atoms with Crippen LogP contribution in [-0.4, -0.2) is 17.2 Å². The van der Waals surface area contributed by atoms with Gasteiger partial charge in [0.15, 0.2) is 0 Å². The fraction of sp³-hybridized carbons (Fsp3) is 0.833. The molecule has 54 valence electrons. The van der Waals surface area contributed by atoms with Crippen molar-refractivity contribution >= 4 is 6.41 Å². The molecule has 0 bridgehead atoms. The van der Waals surface area contributed by atoms with Crippen molar-refractivity contribution in [1.29, 1.82) is 0 Å². The van der Waals surface area contributed by atoms with Gasteiger partial charge in [0, 0.05) is 5.92 Å². The number of hydrogen-bond donors (Lipinski definition) is 2. The Bertz CT molecular complexity index is 99.2. The van der Waals surface area contributed by atoms with Gasteiger partial charge in [-0.05, 0) is 6.92 Å². The first kappa shape index (κ1) is 8.43. The summed E-state index contributed by atoms with van der Waals surface area (Å²) < 4.78 is 0. The third-order valence-corrected chi connectivity index (χ3v) is 1.48. The molecule has 0 heterocycles. The van der Waals surface area contributed by atoms with Gasteiger partial charge in [-0.2, -0.15) is 0 Å². The van der Waals surface area contributed by atoms with E-state index in [9.17, 15) is 9.90 Å². The lowest BCUT2D eigenvalue weighted by Gasteiger charge is -2.26. The zero-order chi connectivity index (χ0) is 7.49. The lowest BCUT2D eigenvalue weighted by Crippen LogP contribution is -2.45. The van der Waals surface area contributed by atoms with E-state index in [1.807, 2.05) is 13.8 Å². The highest BCUT2D eigenvalue weighted by atomic mass is 16.3. The fourth-order valence-corrected chi connectivity index (χ4v) is 0.286. The highest BCUT2D eigenvalue weighted by Gasteiger charge is 2.22. The van der Waals surface area contributed by atoms with Crippen molar-refractivity contribution in [1.82, 2.24) is 5.32 Å². The van der Waals surface area contributed by atoms with E-state index in [-0.39, 0.29) is 5.92 Å². The van der Waals surface area contributed by atoms with Crippen LogP contribution in [0, 0.1) is 5.92 Å². The number of carbonyl (C=O) groups is 1. The Hall–Kier alpha value is -0.570. The second-order valence-corrected chi connectivity index (χ2v) is 2.56. The van der Waals surface area contributed by atoms with E-state index in [4.69, 9.17) is 0 Å². The number of aliphatic hydroxyl groups is 1. The Labute approximate surface area is 55.1 Å². The minimum atomic E-state index is -1.07. The molecule has 1 atom stereocenters. The van der Waals surface area contributed by atoms with Crippen molar-refractivity contribution in [2.45, 2.75) is 26.5 Å². The SMILES string of the molecule is CC(C)C(C)(O)NC=O. The third kappa shape index (κ3) is 2.46. The summed E-state index contributed by atoms with van der Waals surface area (Å²) in [6, 6.07) is 0. The Kier molecular flexibility index (Phi) is 2.65. The van der Waals surface area contributed by atoms with E-state index in [1.165, 1.54) is 0 Å². The van der Waals surface area contributed by atoms with Gasteiger partial charge in [-0.3, -0.25) is 4.79 Å². The molecule has 0 rings (SSSR count). The van der Waals surface area contributed by atoms with Crippen LogP contribution in [0.5, 0.6) is 0 Å². The van der Waals surface area contributed by atoms with Crippen molar-refractivity contribution < 1.29 is 9.90 Å². The number of amides is 1. The number of rotatable bonds is 3. The topological polar surface area (TPSA) is 49.3 Å². The number of hydrogen-bond acceptors (Lipinski definition) is 2. The molecule has 0 aromatic rings. The Morgan fingerprint density at radius 2 is 2.11 bits per heavy atom. The molecule has 0 aromatic heterocycles. The Balaban J connectivity index is 3.84. The molecule has 0 fully saturated rings. The lowest BCUT2D eigenvalue weighted by molar-refractivity contribution is -0.118. The van der Waals surface area contributed by atoms with Crippen LogP contribution in [0.25, 0.3) is 0 Å². The summed E-state index contributed by atoms with van der Waals surface area (Å²) in [6.07, 6.45) is 0.500. The molecular formula is C6H13NO2. The van der Waals surface area contributed by atoms with E-state index >= 15 is 0 Å². The molecule has 0 aliphatic heterocycles. The first-order valence-corrected chi connectivity index (χ1v) is 2.94. The number of carbonyl (C=O) groups excluding carboxylic acids is 1. The predicted octanol–water partition coefficient (Wildman–Crippen LogP) is 0.0969. The minimum Gasteiger partial charge on any atom is -0.371 e. The first-order chi connectivity index (χ1) is 4.00.